The Bertz CT molecular complexity index is 393. The van der Waals surface area contributed by atoms with Gasteiger partial charge in [-0.1, -0.05) is 19.3 Å². The van der Waals surface area contributed by atoms with Crippen LogP contribution in [0, 0.1) is 5.41 Å². The van der Waals surface area contributed by atoms with Gasteiger partial charge in [-0.05, 0) is 31.1 Å². The molecule has 5 nitrogen and oxygen atoms in total. The van der Waals surface area contributed by atoms with Crippen molar-refractivity contribution in [2.45, 2.75) is 56.9 Å². The number of carbonyl (C=O) groups excluding carboxylic acids is 2. The van der Waals surface area contributed by atoms with Gasteiger partial charge in [0.05, 0.1) is 12.0 Å². The molecule has 100 valence electrons. The molecule has 3 aliphatic rings. The van der Waals surface area contributed by atoms with Gasteiger partial charge in [-0.3, -0.25) is 14.7 Å². The number of hydrazine groups is 1. The molecule has 3 rings (SSSR count). The van der Waals surface area contributed by atoms with Crippen molar-refractivity contribution in [1.82, 2.24) is 9.91 Å². The Hall–Kier alpha value is -1.10. The molecule has 1 saturated heterocycles. The maximum Gasteiger partial charge on any atom is 0.341 e. The van der Waals surface area contributed by atoms with Crippen molar-refractivity contribution in [3.63, 3.8) is 0 Å². The second kappa shape index (κ2) is 3.70. The summed E-state index contributed by atoms with van der Waals surface area (Å²) in [4.78, 5) is 24.9. The molecule has 0 aromatic heterocycles. The van der Waals surface area contributed by atoms with E-state index in [0.717, 1.165) is 17.7 Å². The van der Waals surface area contributed by atoms with Crippen molar-refractivity contribution < 1.29 is 9.59 Å². The highest BCUT2D eigenvalue weighted by Gasteiger charge is 2.61. The lowest BCUT2D eigenvalue weighted by Gasteiger charge is -2.62. The van der Waals surface area contributed by atoms with E-state index in [2.05, 4.69) is 0 Å². The number of hydrogen-bond donors (Lipinski definition) is 1. The van der Waals surface area contributed by atoms with Gasteiger partial charge in [0, 0.05) is 7.05 Å². The van der Waals surface area contributed by atoms with Crippen molar-refractivity contribution in [1.29, 1.82) is 0 Å². The molecule has 3 fully saturated rings. The summed E-state index contributed by atoms with van der Waals surface area (Å²) in [7, 11) is 1.51. The van der Waals surface area contributed by atoms with Crippen LogP contribution in [0.3, 0.4) is 0 Å². The average Bonchev–Trinajstić information content (AvgIpc) is 2.33. The van der Waals surface area contributed by atoms with Crippen molar-refractivity contribution in [2.24, 2.45) is 11.3 Å². The smallest absolute Gasteiger partial charge is 0.274 e. The van der Waals surface area contributed by atoms with Crippen molar-refractivity contribution in [3.8, 4) is 0 Å². The fourth-order valence-electron chi connectivity index (χ4n) is 4.25. The highest BCUT2D eigenvalue weighted by Crippen LogP contribution is 2.60. The topological polar surface area (TPSA) is 66.6 Å². The summed E-state index contributed by atoms with van der Waals surface area (Å²) in [5.74, 6) is 5.86. The van der Waals surface area contributed by atoms with Crippen LogP contribution >= 0.6 is 0 Å². The van der Waals surface area contributed by atoms with Crippen LogP contribution in [-0.2, 0) is 4.79 Å². The summed E-state index contributed by atoms with van der Waals surface area (Å²) in [5, 5.41) is 1.33. The first-order valence-corrected chi connectivity index (χ1v) is 6.84. The predicted molar refractivity (Wildman–Crippen MR) is 66.3 cm³/mol. The first kappa shape index (κ1) is 12.0. The van der Waals surface area contributed by atoms with E-state index in [1.54, 1.807) is 0 Å². The number of amides is 3. The van der Waals surface area contributed by atoms with Crippen molar-refractivity contribution >= 4 is 11.9 Å². The summed E-state index contributed by atoms with van der Waals surface area (Å²) in [6.07, 6.45) is 8.59. The van der Waals surface area contributed by atoms with Gasteiger partial charge in [0.15, 0.2) is 0 Å². The highest BCUT2D eigenvalue weighted by atomic mass is 16.2. The van der Waals surface area contributed by atoms with Gasteiger partial charge < -0.3 is 0 Å². The number of nitrogens with two attached hydrogens (primary N) is 1. The van der Waals surface area contributed by atoms with Crippen LogP contribution < -0.4 is 5.84 Å². The standard InChI is InChI=1S/C13H21N3O2/c1-15-10(17)7-13(16(14)11(15)18)8-12(9-13)5-3-2-4-6-12/h2-9,14H2,1H3. The Morgan fingerprint density at radius 2 is 1.72 bits per heavy atom. The third-order valence-corrected chi connectivity index (χ3v) is 5.18. The van der Waals surface area contributed by atoms with Gasteiger partial charge in [0.25, 0.3) is 0 Å². The molecule has 2 N–H and O–H groups in total. The lowest BCUT2D eigenvalue weighted by molar-refractivity contribution is -0.150. The molecule has 0 atom stereocenters. The number of urea groups is 1. The molecule has 1 aliphatic heterocycles. The Balaban J connectivity index is 1.77. The van der Waals surface area contributed by atoms with E-state index in [-0.39, 0.29) is 17.5 Å². The molecular weight excluding hydrogens is 230 g/mol. The summed E-state index contributed by atoms with van der Waals surface area (Å²) >= 11 is 0. The van der Waals surface area contributed by atoms with Gasteiger partial charge in [0.1, 0.15) is 0 Å². The first-order chi connectivity index (χ1) is 8.48. The minimum absolute atomic E-state index is 0.0904. The van der Waals surface area contributed by atoms with E-state index in [1.165, 1.54) is 44.2 Å². The lowest BCUT2D eigenvalue weighted by Crippen LogP contribution is -2.72. The summed E-state index contributed by atoms with van der Waals surface area (Å²) in [5.41, 5.74) is -0.00957. The minimum atomic E-state index is -0.377. The van der Waals surface area contributed by atoms with E-state index in [4.69, 9.17) is 5.84 Å². The van der Waals surface area contributed by atoms with E-state index in [0.29, 0.717) is 11.8 Å². The molecule has 5 heteroatoms. The Morgan fingerprint density at radius 1 is 1.11 bits per heavy atom. The molecule has 0 unspecified atom stereocenters. The molecule has 0 aromatic carbocycles. The third kappa shape index (κ3) is 1.49. The normalized spacial score (nSPS) is 29.9. The number of rotatable bonds is 0. The van der Waals surface area contributed by atoms with Crippen molar-refractivity contribution in [3.05, 3.63) is 0 Å². The van der Waals surface area contributed by atoms with Gasteiger partial charge in [0.2, 0.25) is 5.91 Å². The zero-order valence-electron chi connectivity index (χ0n) is 10.9. The quantitative estimate of drug-likeness (QED) is 0.525. The van der Waals surface area contributed by atoms with Crippen LogP contribution in [0.1, 0.15) is 51.4 Å². The van der Waals surface area contributed by atoms with Crippen LogP contribution in [0.2, 0.25) is 0 Å². The summed E-state index contributed by atoms with van der Waals surface area (Å²) in [6.45, 7) is 0. The molecule has 0 radical (unpaired) electrons. The van der Waals surface area contributed by atoms with E-state index >= 15 is 0 Å². The number of imide groups is 1. The fourth-order valence-corrected chi connectivity index (χ4v) is 4.25. The Morgan fingerprint density at radius 3 is 2.33 bits per heavy atom. The maximum atomic E-state index is 11.9. The minimum Gasteiger partial charge on any atom is -0.274 e. The number of hydrogen-bond acceptors (Lipinski definition) is 3. The zero-order valence-corrected chi connectivity index (χ0v) is 10.9. The zero-order chi connectivity index (χ0) is 13.0. The monoisotopic (exact) mass is 251 g/mol. The average molecular weight is 251 g/mol. The predicted octanol–water partition coefficient (Wildman–Crippen LogP) is 1.63. The van der Waals surface area contributed by atoms with Crippen LogP contribution in [0.25, 0.3) is 0 Å². The molecule has 1 heterocycles. The van der Waals surface area contributed by atoms with Crippen LogP contribution in [0.4, 0.5) is 4.79 Å². The van der Waals surface area contributed by atoms with Crippen LogP contribution in [-0.4, -0.2) is 34.4 Å². The van der Waals surface area contributed by atoms with Crippen LogP contribution in [0.5, 0.6) is 0 Å². The first-order valence-electron chi connectivity index (χ1n) is 6.84. The van der Waals surface area contributed by atoms with E-state index in [9.17, 15) is 9.59 Å². The molecule has 0 aromatic rings. The second-order valence-electron chi connectivity index (χ2n) is 6.42. The Labute approximate surface area is 107 Å². The van der Waals surface area contributed by atoms with E-state index in [1.807, 2.05) is 0 Å². The molecule has 0 bridgehead atoms. The van der Waals surface area contributed by atoms with Crippen molar-refractivity contribution in [2.75, 3.05) is 7.05 Å². The van der Waals surface area contributed by atoms with Gasteiger partial charge in [-0.15, -0.1) is 0 Å². The molecule has 3 amide bonds. The summed E-state index contributed by atoms with van der Waals surface area (Å²) in [6, 6.07) is -0.350. The number of carbonyl (C=O) groups is 2. The lowest BCUT2D eigenvalue weighted by atomic mass is 9.50. The fraction of sp³-hybridized carbons (Fsp3) is 0.846. The summed E-state index contributed by atoms with van der Waals surface area (Å²) < 4.78 is 0. The number of nitrogens with zero attached hydrogens (tertiary/aromatic N) is 2. The maximum absolute atomic E-state index is 11.9. The van der Waals surface area contributed by atoms with Crippen LogP contribution in [0.15, 0.2) is 0 Å². The second-order valence-corrected chi connectivity index (χ2v) is 6.42. The largest absolute Gasteiger partial charge is 0.341 e. The molecule has 2 spiro atoms. The molecule has 2 saturated carbocycles. The molecule has 18 heavy (non-hydrogen) atoms. The van der Waals surface area contributed by atoms with E-state index < -0.39 is 0 Å². The molecule has 2 aliphatic carbocycles. The van der Waals surface area contributed by atoms with Gasteiger partial charge >= 0.3 is 6.03 Å². The molecular formula is C13H21N3O2. The third-order valence-electron chi connectivity index (χ3n) is 5.18. The van der Waals surface area contributed by atoms with Gasteiger partial charge in [-0.25, -0.2) is 10.6 Å². The SMILES string of the molecule is CN1C(=O)CC2(CC3(CCCCC3)C2)N(N)C1=O. The Kier molecular flexibility index (Phi) is 2.46. The van der Waals surface area contributed by atoms with Gasteiger partial charge in [-0.2, -0.15) is 0 Å². The highest BCUT2D eigenvalue weighted by molar-refractivity contribution is 5.97.